The number of carbonyl (C=O) groups is 2. The third kappa shape index (κ3) is 4.31. The molecule has 2 unspecified atom stereocenters. The standard InChI is InChI=1S/C22H26N2O2/c1-3-15(2)16-8-11-19(12-9-16)23-21(25)13-10-18-14-17-6-4-5-7-20(17)24-22(18)26/h4-9,11-12,15,18H,3,10,13-14H2,1-2H3,(H,23,25)(H,24,26). The number of para-hydroxylation sites is 1. The van der Waals surface area contributed by atoms with Crippen LogP contribution in [0.3, 0.4) is 0 Å². The van der Waals surface area contributed by atoms with Gasteiger partial charge in [-0.1, -0.05) is 44.2 Å². The third-order valence-corrected chi connectivity index (χ3v) is 5.21. The van der Waals surface area contributed by atoms with E-state index in [1.165, 1.54) is 5.56 Å². The summed E-state index contributed by atoms with van der Waals surface area (Å²) in [4.78, 5) is 24.5. The molecule has 0 bridgehead atoms. The van der Waals surface area contributed by atoms with Gasteiger partial charge in [-0.15, -0.1) is 0 Å². The fourth-order valence-corrected chi connectivity index (χ4v) is 3.31. The third-order valence-electron chi connectivity index (χ3n) is 5.21. The lowest BCUT2D eigenvalue weighted by Gasteiger charge is -2.24. The van der Waals surface area contributed by atoms with Gasteiger partial charge in [0.05, 0.1) is 0 Å². The Balaban J connectivity index is 1.52. The highest BCUT2D eigenvalue weighted by molar-refractivity contribution is 5.96. The molecule has 26 heavy (non-hydrogen) atoms. The number of nitrogens with one attached hydrogen (secondary N) is 2. The Hall–Kier alpha value is -2.62. The van der Waals surface area contributed by atoms with Crippen LogP contribution in [-0.2, 0) is 16.0 Å². The highest BCUT2D eigenvalue weighted by Gasteiger charge is 2.26. The normalized spacial score (nSPS) is 17.2. The molecule has 1 aliphatic rings. The van der Waals surface area contributed by atoms with Gasteiger partial charge in [-0.2, -0.15) is 0 Å². The quantitative estimate of drug-likeness (QED) is 0.791. The van der Waals surface area contributed by atoms with Gasteiger partial charge < -0.3 is 10.6 Å². The van der Waals surface area contributed by atoms with E-state index in [4.69, 9.17) is 0 Å². The number of rotatable bonds is 6. The first-order valence-electron chi connectivity index (χ1n) is 9.35. The molecular weight excluding hydrogens is 324 g/mol. The number of benzene rings is 2. The Labute approximate surface area is 155 Å². The molecule has 1 aliphatic heterocycles. The molecule has 3 rings (SSSR count). The number of amides is 2. The van der Waals surface area contributed by atoms with Crippen molar-refractivity contribution in [3.05, 3.63) is 59.7 Å². The molecule has 0 aromatic heterocycles. The number of fused-ring (bicyclic) bond motifs is 1. The van der Waals surface area contributed by atoms with Crippen LogP contribution in [-0.4, -0.2) is 11.8 Å². The van der Waals surface area contributed by atoms with Crippen LogP contribution < -0.4 is 10.6 Å². The van der Waals surface area contributed by atoms with Crippen molar-refractivity contribution in [3.8, 4) is 0 Å². The average Bonchev–Trinajstić information content (AvgIpc) is 2.66. The molecule has 2 atom stereocenters. The van der Waals surface area contributed by atoms with Gasteiger partial charge in [0, 0.05) is 23.7 Å². The highest BCUT2D eigenvalue weighted by atomic mass is 16.2. The molecule has 2 aromatic rings. The predicted octanol–water partition coefficient (Wildman–Crippen LogP) is 4.73. The van der Waals surface area contributed by atoms with Crippen molar-refractivity contribution in [2.45, 2.75) is 45.4 Å². The van der Waals surface area contributed by atoms with E-state index in [9.17, 15) is 9.59 Å². The van der Waals surface area contributed by atoms with Gasteiger partial charge in [-0.05, 0) is 54.5 Å². The van der Waals surface area contributed by atoms with E-state index in [2.05, 4.69) is 36.6 Å². The summed E-state index contributed by atoms with van der Waals surface area (Å²) in [6, 6.07) is 15.9. The summed E-state index contributed by atoms with van der Waals surface area (Å²) in [6.45, 7) is 4.36. The van der Waals surface area contributed by atoms with Crippen LogP contribution >= 0.6 is 0 Å². The van der Waals surface area contributed by atoms with Gasteiger partial charge in [0.15, 0.2) is 0 Å². The van der Waals surface area contributed by atoms with Crippen LogP contribution in [0.2, 0.25) is 0 Å². The lowest BCUT2D eigenvalue weighted by molar-refractivity contribution is -0.121. The maximum absolute atomic E-state index is 12.2. The van der Waals surface area contributed by atoms with Crippen molar-refractivity contribution in [3.63, 3.8) is 0 Å². The zero-order chi connectivity index (χ0) is 18.5. The summed E-state index contributed by atoms with van der Waals surface area (Å²) in [5, 5.41) is 5.86. The maximum Gasteiger partial charge on any atom is 0.227 e. The first-order chi connectivity index (χ1) is 12.6. The second kappa shape index (κ2) is 8.17. The molecule has 0 saturated carbocycles. The van der Waals surface area contributed by atoms with E-state index in [1.54, 1.807) is 0 Å². The summed E-state index contributed by atoms with van der Waals surface area (Å²) in [5.74, 6) is 0.332. The molecule has 0 aliphatic carbocycles. The minimum Gasteiger partial charge on any atom is -0.326 e. The molecular formula is C22H26N2O2. The van der Waals surface area contributed by atoms with Crippen LogP contribution in [0.25, 0.3) is 0 Å². The van der Waals surface area contributed by atoms with E-state index in [-0.39, 0.29) is 17.7 Å². The van der Waals surface area contributed by atoms with E-state index in [0.717, 1.165) is 23.4 Å². The molecule has 0 spiro atoms. The lowest BCUT2D eigenvalue weighted by atomic mass is 9.89. The van der Waals surface area contributed by atoms with Crippen molar-refractivity contribution < 1.29 is 9.59 Å². The Morgan fingerprint density at radius 3 is 2.65 bits per heavy atom. The molecule has 136 valence electrons. The SMILES string of the molecule is CCC(C)c1ccc(NC(=O)CCC2Cc3ccccc3NC2=O)cc1. The molecule has 0 fully saturated rings. The first-order valence-corrected chi connectivity index (χ1v) is 9.35. The molecule has 0 saturated heterocycles. The van der Waals surface area contributed by atoms with Crippen molar-refractivity contribution in [2.24, 2.45) is 5.92 Å². The van der Waals surface area contributed by atoms with Gasteiger partial charge in [-0.3, -0.25) is 9.59 Å². The first kappa shape index (κ1) is 18.2. The van der Waals surface area contributed by atoms with E-state index < -0.39 is 0 Å². The summed E-state index contributed by atoms with van der Waals surface area (Å²) in [7, 11) is 0. The van der Waals surface area contributed by atoms with Crippen LogP contribution in [0.4, 0.5) is 11.4 Å². The van der Waals surface area contributed by atoms with Gasteiger partial charge in [0.1, 0.15) is 0 Å². The molecule has 4 heteroatoms. The second-order valence-corrected chi connectivity index (χ2v) is 7.07. The smallest absolute Gasteiger partial charge is 0.227 e. The molecule has 0 radical (unpaired) electrons. The summed E-state index contributed by atoms with van der Waals surface area (Å²) in [5.41, 5.74) is 4.11. The molecule has 2 aromatic carbocycles. The number of hydrogen-bond donors (Lipinski definition) is 2. The molecule has 2 amide bonds. The summed E-state index contributed by atoms with van der Waals surface area (Å²) in [6.07, 6.45) is 2.68. The summed E-state index contributed by atoms with van der Waals surface area (Å²) >= 11 is 0. The van der Waals surface area contributed by atoms with Crippen LogP contribution in [0.5, 0.6) is 0 Å². The predicted molar refractivity (Wildman–Crippen MR) is 105 cm³/mol. The van der Waals surface area contributed by atoms with Crippen molar-refractivity contribution in [1.82, 2.24) is 0 Å². The van der Waals surface area contributed by atoms with Crippen LogP contribution in [0, 0.1) is 5.92 Å². The fourth-order valence-electron chi connectivity index (χ4n) is 3.31. The fraction of sp³-hybridized carbons (Fsp3) is 0.364. The van der Waals surface area contributed by atoms with E-state index in [0.29, 0.717) is 25.2 Å². The minimum absolute atomic E-state index is 0.00871. The zero-order valence-corrected chi connectivity index (χ0v) is 15.4. The maximum atomic E-state index is 12.2. The van der Waals surface area contributed by atoms with E-state index in [1.807, 2.05) is 36.4 Å². The lowest BCUT2D eigenvalue weighted by Crippen LogP contribution is -2.30. The van der Waals surface area contributed by atoms with Crippen molar-refractivity contribution in [2.75, 3.05) is 10.6 Å². The van der Waals surface area contributed by atoms with Gasteiger partial charge >= 0.3 is 0 Å². The number of hydrogen-bond acceptors (Lipinski definition) is 2. The Kier molecular flexibility index (Phi) is 5.71. The molecule has 1 heterocycles. The topological polar surface area (TPSA) is 58.2 Å². The van der Waals surface area contributed by atoms with Gasteiger partial charge in [-0.25, -0.2) is 0 Å². The van der Waals surface area contributed by atoms with Crippen molar-refractivity contribution >= 4 is 23.2 Å². The Morgan fingerprint density at radius 2 is 1.92 bits per heavy atom. The number of anilines is 2. The highest BCUT2D eigenvalue weighted by Crippen LogP contribution is 2.27. The van der Waals surface area contributed by atoms with Gasteiger partial charge in [0.25, 0.3) is 0 Å². The minimum atomic E-state index is -0.150. The average molecular weight is 350 g/mol. The Bertz CT molecular complexity index is 783. The second-order valence-electron chi connectivity index (χ2n) is 7.07. The van der Waals surface area contributed by atoms with E-state index >= 15 is 0 Å². The number of carbonyl (C=O) groups excluding carboxylic acids is 2. The van der Waals surface area contributed by atoms with Gasteiger partial charge in [0.2, 0.25) is 11.8 Å². The zero-order valence-electron chi connectivity index (χ0n) is 15.4. The molecule has 4 nitrogen and oxygen atoms in total. The Morgan fingerprint density at radius 1 is 1.19 bits per heavy atom. The monoisotopic (exact) mass is 350 g/mol. The summed E-state index contributed by atoms with van der Waals surface area (Å²) < 4.78 is 0. The van der Waals surface area contributed by atoms with Crippen molar-refractivity contribution in [1.29, 1.82) is 0 Å². The van der Waals surface area contributed by atoms with Crippen LogP contribution in [0.15, 0.2) is 48.5 Å². The van der Waals surface area contributed by atoms with Crippen LogP contribution in [0.1, 0.15) is 50.2 Å². The largest absolute Gasteiger partial charge is 0.326 e. The molecule has 2 N–H and O–H groups in total.